The highest BCUT2D eigenvalue weighted by Crippen LogP contribution is 2.13. The Morgan fingerprint density at radius 1 is 1.73 bits per heavy atom. The van der Waals surface area contributed by atoms with Crippen LogP contribution in [0, 0.1) is 0 Å². The maximum atomic E-state index is 10.9. The van der Waals surface area contributed by atoms with Crippen molar-refractivity contribution in [3.63, 3.8) is 0 Å². The van der Waals surface area contributed by atoms with Gasteiger partial charge in [0.15, 0.2) is 0 Å². The van der Waals surface area contributed by atoms with Gasteiger partial charge in [-0.05, 0) is 13.3 Å². The van der Waals surface area contributed by atoms with E-state index in [-0.39, 0.29) is 12.0 Å². The molecule has 1 saturated heterocycles. The second kappa shape index (κ2) is 3.19. The van der Waals surface area contributed by atoms with Gasteiger partial charge in [-0.15, -0.1) is 0 Å². The van der Waals surface area contributed by atoms with Crippen LogP contribution in [0.4, 0.5) is 0 Å². The number of aliphatic hydroxyl groups excluding tert-OH is 1. The second-order valence-electron chi connectivity index (χ2n) is 2.87. The molecular weight excluding hydrogens is 146 g/mol. The zero-order valence-corrected chi connectivity index (χ0v) is 6.70. The molecule has 0 saturated carbocycles. The first kappa shape index (κ1) is 8.49. The molecule has 3 unspecified atom stereocenters. The third-order valence-corrected chi connectivity index (χ3v) is 1.90. The summed E-state index contributed by atoms with van der Waals surface area (Å²) in [5.74, 6) is -0.387. The number of methoxy groups -OCH3 is 1. The van der Waals surface area contributed by atoms with Gasteiger partial charge in [-0.2, -0.15) is 0 Å². The summed E-state index contributed by atoms with van der Waals surface area (Å²) in [4.78, 5) is 10.9. The highest BCUT2D eigenvalue weighted by molar-refractivity contribution is 5.76. The molecule has 0 aromatic heterocycles. The number of carbonyl (C=O) groups is 1. The SMILES string of the molecule is COC(=O)C1NC(C)CC1O. The van der Waals surface area contributed by atoms with Gasteiger partial charge >= 0.3 is 5.97 Å². The van der Waals surface area contributed by atoms with E-state index >= 15 is 0 Å². The summed E-state index contributed by atoms with van der Waals surface area (Å²) in [5, 5.41) is 12.2. The molecule has 4 heteroatoms. The number of ether oxygens (including phenoxy) is 1. The topological polar surface area (TPSA) is 58.6 Å². The Hall–Kier alpha value is -0.610. The minimum absolute atomic E-state index is 0.189. The van der Waals surface area contributed by atoms with Crippen LogP contribution in [0.3, 0.4) is 0 Å². The second-order valence-corrected chi connectivity index (χ2v) is 2.87. The van der Waals surface area contributed by atoms with Crippen molar-refractivity contribution in [2.24, 2.45) is 0 Å². The predicted molar refractivity (Wildman–Crippen MR) is 39.0 cm³/mol. The van der Waals surface area contributed by atoms with Crippen LogP contribution in [0.15, 0.2) is 0 Å². The van der Waals surface area contributed by atoms with Gasteiger partial charge in [-0.25, -0.2) is 0 Å². The molecule has 1 rings (SSSR count). The first-order chi connectivity index (χ1) is 5.15. The minimum atomic E-state index is -0.600. The molecule has 0 bridgehead atoms. The van der Waals surface area contributed by atoms with Crippen molar-refractivity contribution < 1.29 is 14.6 Å². The van der Waals surface area contributed by atoms with Gasteiger partial charge in [0.1, 0.15) is 6.04 Å². The van der Waals surface area contributed by atoms with E-state index in [2.05, 4.69) is 10.1 Å². The summed E-state index contributed by atoms with van der Waals surface area (Å²) in [5.41, 5.74) is 0. The first-order valence-corrected chi connectivity index (χ1v) is 3.67. The molecule has 2 N–H and O–H groups in total. The highest BCUT2D eigenvalue weighted by atomic mass is 16.5. The lowest BCUT2D eigenvalue weighted by Gasteiger charge is -2.11. The van der Waals surface area contributed by atoms with Gasteiger partial charge < -0.3 is 9.84 Å². The van der Waals surface area contributed by atoms with Crippen LogP contribution in [-0.2, 0) is 9.53 Å². The molecule has 3 atom stereocenters. The van der Waals surface area contributed by atoms with E-state index in [1.165, 1.54) is 7.11 Å². The molecule has 0 radical (unpaired) electrons. The largest absolute Gasteiger partial charge is 0.468 e. The summed E-state index contributed by atoms with van der Waals surface area (Å²) in [6.45, 7) is 1.92. The Kier molecular flexibility index (Phi) is 2.46. The van der Waals surface area contributed by atoms with Crippen LogP contribution < -0.4 is 5.32 Å². The summed E-state index contributed by atoms with van der Waals surface area (Å²) >= 11 is 0. The van der Waals surface area contributed by atoms with Gasteiger partial charge in [0, 0.05) is 6.04 Å². The highest BCUT2D eigenvalue weighted by Gasteiger charge is 2.35. The fraction of sp³-hybridized carbons (Fsp3) is 0.857. The lowest BCUT2D eigenvalue weighted by Crippen LogP contribution is -2.40. The first-order valence-electron chi connectivity index (χ1n) is 3.67. The van der Waals surface area contributed by atoms with E-state index in [0.717, 1.165) is 0 Å². The zero-order chi connectivity index (χ0) is 8.43. The summed E-state index contributed by atoms with van der Waals surface area (Å²) in [6.07, 6.45) is 0.0113. The van der Waals surface area contributed by atoms with E-state index in [4.69, 9.17) is 0 Å². The van der Waals surface area contributed by atoms with Crippen molar-refractivity contribution in [1.82, 2.24) is 5.32 Å². The fourth-order valence-corrected chi connectivity index (χ4v) is 1.34. The van der Waals surface area contributed by atoms with Crippen LogP contribution in [-0.4, -0.2) is 36.4 Å². The monoisotopic (exact) mass is 159 g/mol. The van der Waals surface area contributed by atoms with Crippen LogP contribution in [0.5, 0.6) is 0 Å². The van der Waals surface area contributed by atoms with E-state index < -0.39 is 12.1 Å². The van der Waals surface area contributed by atoms with Gasteiger partial charge in [0.2, 0.25) is 0 Å². The Labute approximate surface area is 65.5 Å². The van der Waals surface area contributed by atoms with Gasteiger partial charge in [0.05, 0.1) is 13.2 Å². The molecule has 0 amide bonds. The van der Waals surface area contributed by atoms with E-state index in [9.17, 15) is 9.90 Å². The molecular formula is C7H13NO3. The molecule has 0 aromatic carbocycles. The van der Waals surface area contributed by atoms with Gasteiger partial charge in [-0.1, -0.05) is 0 Å². The average molecular weight is 159 g/mol. The Balaban J connectivity index is 2.52. The lowest BCUT2D eigenvalue weighted by molar-refractivity contribution is -0.144. The predicted octanol–water partition coefficient (Wildman–Crippen LogP) is -0.729. The van der Waals surface area contributed by atoms with Crippen LogP contribution in [0.1, 0.15) is 13.3 Å². The molecule has 0 aromatic rings. The molecule has 1 aliphatic heterocycles. The minimum Gasteiger partial charge on any atom is -0.468 e. The van der Waals surface area contributed by atoms with Crippen molar-refractivity contribution in [2.75, 3.05) is 7.11 Å². The van der Waals surface area contributed by atoms with Crippen molar-refractivity contribution in [2.45, 2.75) is 31.5 Å². The van der Waals surface area contributed by atoms with E-state index in [1.54, 1.807) is 0 Å². The third-order valence-electron chi connectivity index (χ3n) is 1.90. The van der Waals surface area contributed by atoms with Crippen LogP contribution >= 0.6 is 0 Å². The molecule has 1 heterocycles. The van der Waals surface area contributed by atoms with Crippen molar-refractivity contribution in [3.05, 3.63) is 0 Å². The Bertz CT molecular complexity index is 160. The maximum Gasteiger partial charge on any atom is 0.325 e. The van der Waals surface area contributed by atoms with Crippen LogP contribution in [0.25, 0.3) is 0 Å². The fourth-order valence-electron chi connectivity index (χ4n) is 1.34. The summed E-state index contributed by atoms with van der Waals surface area (Å²) < 4.78 is 4.49. The number of nitrogens with one attached hydrogen (secondary N) is 1. The third kappa shape index (κ3) is 1.70. The molecule has 1 fully saturated rings. The normalized spacial score (nSPS) is 37.2. The molecule has 1 aliphatic rings. The lowest BCUT2D eigenvalue weighted by atomic mass is 10.1. The molecule has 64 valence electrons. The van der Waals surface area contributed by atoms with Crippen molar-refractivity contribution >= 4 is 5.97 Å². The molecule has 0 spiro atoms. The smallest absolute Gasteiger partial charge is 0.325 e. The quantitative estimate of drug-likeness (QED) is 0.495. The zero-order valence-electron chi connectivity index (χ0n) is 6.70. The van der Waals surface area contributed by atoms with Crippen molar-refractivity contribution in [3.8, 4) is 0 Å². The Morgan fingerprint density at radius 2 is 2.36 bits per heavy atom. The average Bonchev–Trinajstić information content (AvgIpc) is 2.28. The van der Waals surface area contributed by atoms with Gasteiger partial charge in [-0.3, -0.25) is 10.1 Å². The summed E-state index contributed by atoms with van der Waals surface area (Å²) in [6, 6.07) is -0.343. The Morgan fingerprint density at radius 3 is 2.73 bits per heavy atom. The molecule has 0 aliphatic carbocycles. The standard InChI is InChI=1S/C7H13NO3/c1-4-3-5(9)6(8-4)7(10)11-2/h4-6,8-9H,3H2,1-2H3. The van der Waals surface area contributed by atoms with E-state index in [1.807, 2.05) is 6.92 Å². The number of carbonyl (C=O) groups excluding carboxylic acids is 1. The molecule has 4 nitrogen and oxygen atoms in total. The number of rotatable bonds is 1. The summed E-state index contributed by atoms with van der Waals surface area (Å²) in [7, 11) is 1.32. The van der Waals surface area contributed by atoms with E-state index in [0.29, 0.717) is 6.42 Å². The van der Waals surface area contributed by atoms with Crippen LogP contribution in [0.2, 0.25) is 0 Å². The van der Waals surface area contributed by atoms with Gasteiger partial charge in [0.25, 0.3) is 0 Å². The molecule has 11 heavy (non-hydrogen) atoms. The number of hydrogen-bond acceptors (Lipinski definition) is 4. The number of aliphatic hydroxyl groups is 1. The maximum absolute atomic E-state index is 10.9. The number of hydrogen-bond donors (Lipinski definition) is 2. The van der Waals surface area contributed by atoms with Crippen molar-refractivity contribution in [1.29, 1.82) is 0 Å². The number of esters is 1.